The van der Waals surface area contributed by atoms with Crippen molar-refractivity contribution >= 4 is 17.7 Å². The number of carbonyl (C=O) groups excluding carboxylic acids is 3. The fourth-order valence-electron chi connectivity index (χ4n) is 5.56. The molecule has 3 heterocycles. The van der Waals surface area contributed by atoms with E-state index in [1.807, 2.05) is 0 Å². The van der Waals surface area contributed by atoms with Gasteiger partial charge in [0.05, 0.1) is 12.6 Å². The molecule has 1 unspecified atom stereocenters. The molecule has 0 radical (unpaired) electrons. The summed E-state index contributed by atoms with van der Waals surface area (Å²) < 4.78 is 57.4. The molecule has 1 aromatic carbocycles. The van der Waals surface area contributed by atoms with Gasteiger partial charge >= 0.3 is 0 Å². The molecule has 1 aliphatic carbocycles. The van der Waals surface area contributed by atoms with Crippen molar-refractivity contribution < 1.29 is 33.7 Å². The van der Waals surface area contributed by atoms with Crippen molar-refractivity contribution in [1.82, 2.24) is 15.5 Å². The number of alkyl halides is 2. The SMILES string of the molecule is [2H]C1(N[C@H]2CCCO[C@@H]2Cc2ccc3c(c2F)CN(C2CCC(=O)NC2=O)C3=O)CCC(F)(F)CC1. The first-order chi connectivity index (χ1) is 17.1. The van der Waals surface area contributed by atoms with Crippen LogP contribution in [0, 0.1) is 5.82 Å². The average Bonchev–Trinajstić information content (AvgIpc) is 3.16. The first-order valence-corrected chi connectivity index (χ1v) is 12.3. The van der Waals surface area contributed by atoms with Gasteiger partial charge in [-0.2, -0.15) is 0 Å². The van der Waals surface area contributed by atoms with Crippen LogP contribution in [0.2, 0.25) is 0 Å². The highest BCUT2D eigenvalue weighted by Gasteiger charge is 2.41. The van der Waals surface area contributed by atoms with Crippen LogP contribution in [-0.2, 0) is 27.3 Å². The summed E-state index contributed by atoms with van der Waals surface area (Å²) in [6, 6.07) is 0.834. The molecule has 1 aromatic rings. The van der Waals surface area contributed by atoms with Crippen LogP contribution in [0.5, 0.6) is 0 Å². The van der Waals surface area contributed by atoms with E-state index in [1.165, 1.54) is 4.90 Å². The van der Waals surface area contributed by atoms with Crippen LogP contribution in [-0.4, -0.2) is 59.4 Å². The summed E-state index contributed by atoms with van der Waals surface area (Å²) in [4.78, 5) is 38.0. The van der Waals surface area contributed by atoms with Gasteiger partial charge in [0.25, 0.3) is 5.91 Å². The Balaban J connectivity index is 1.30. The average molecular weight is 495 g/mol. The van der Waals surface area contributed by atoms with Crippen molar-refractivity contribution in [3.63, 3.8) is 0 Å². The van der Waals surface area contributed by atoms with Crippen LogP contribution in [0.25, 0.3) is 0 Å². The van der Waals surface area contributed by atoms with E-state index in [9.17, 15) is 23.2 Å². The maximum absolute atomic E-state index is 15.6. The number of carbonyl (C=O) groups is 3. The Labute approximate surface area is 203 Å². The van der Waals surface area contributed by atoms with E-state index in [0.29, 0.717) is 18.6 Å². The third kappa shape index (κ3) is 4.95. The van der Waals surface area contributed by atoms with Crippen molar-refractivity contribution in [2.45, 2.75) is 94.5 Å². The molecule has 2 saturated heterocycles. The van der Waals surface area contributed by atoms with Gasteiger partial charge in [0, 0.05) is 56.8 Å². The number of rotatable bonds is 5. The number of hydrogen-bond acceptors (Lipinski definition) is 5. The molecular weight excluding hydrogens is 463 g/mol. The van der Waals surface area contributed by atoms with Gasteiger partial charge in [-0.1, -0.05) is 6.07 Å². The molecule has 0 aromatic heterocycles. The second kappa shape index (κ2) is 9.54. The van der Waals surface area contributed by atoms with E-state index < -0.39 is 41.7 Å². The molecule has 3 fully saturated rings. The molecule has 190 valence electrons. The highest BCUT2D eigenvalue weighted by Crippen LogP contribution is 2.35. The molecule has 10 heteroatoms. The van der Waals surface area contributed by atoms with Gasteiger partial charge in [-0.15, -0.1) is 0 Å². The zero-order valence-electron chi connectivity index (χ0n) is 20.4. The third-order valence-corrected chi connectivity index (χ3v) is 7.57. The molecule has 0 bridgehead atoms. The molecule has 0 spiro atoms. The second-order valence-electron chi connectivity index (χ2n) is 9.93. The first-order valence-electron chi connectivity index (χ1n) is 12.8. The molecule has 4 aliphatic rings. The summed E-state index contributed by atoms with van der Waals surface area (Å²) in [5, 5.41) is 5.46. The summed E-state index contributed by atoms with van der Waals surface area (Å²) >= 11 is 0. The maximum atomic E-state index is 15.6. The quantitative estimate of drug-likeness (QED) is 0.615. The molecule has 7 nitrogen and oxygen atoms in total. The smallest absolute Gasteiger partial charge is 0.255 e. The maximum Gasteiger partial charge on any atom is 0.255 e. The van der Waals surface area contributed by atoms with E-state index in [-0.39, 0.29) is 74.6 Å². The van der Waals surface area contributed by atoms with Crippen molar-refractivity contribution in [2.24, 2.45) is 0 Å². The van der Waals surface area contributed by atoms with Crippen molar-refractivity contribution in [3.8, 4) is 0 Å². The fourth-order valence-corrected chi connectivity index (χ4v) is 5.56. The predicted octanol–water partition coefficient (Wildman–Crippen LogP) is 2.84. The lowest BCUT2D eigenvalue weighted by atomic mass is 9.89. The largest absolute Gasteiger partial charge is 0.376 e. The number of ether oxygens (including phenoxy) is 1. The van der Waals surface area contributed by atoms with Crippen LogP contribution in [0.1, 0.15) is 74.2 Å². The van der Waals surface area contributed by atoms with Gasteiger partial charge in [-0.05, 0) is 43.7 Å². The molecular formula is C25H30F3N3O4. The second-order valence-corrected chi connectivity index (χ2v) is 9.93. The third-order valence-electron chi connectivity index (χ3n) is 7.57. The van der Waals surface area contributed by atoms with Gasteiger partial charge in [0.15, 0.2) is 0 Å². The molecule has 35 heavy (non-hydrogen) atoms. The minimum Gasteiger partial charge on any atom is -0.376 e. The van der Waals surface area contributed by atoms with Crippen LogP contribution < -0.4 is 10.6 Å². The highest BCUT2D eigenvalue weighted by molar-refractivity contribution is 6.05. The zero-order chi connectivity index (χ0) is 25.7. The Bertz CT molecular complexity index is 1070. The minimum absolute atomic E-state index is 0.0364. The fraction of sp³-hybridized carbons (Fsp3) is 0.640. The standard InChI is InChI=1S/C25H30F3N3O4/c26-22-14(12-20-18(2-1-11-35-20)29-15-7-9-25(27,28)10-8-15)3-4-16-17(22)13-31(24(16)34)19-5-6-21(32)30-23(19)33/h3-4,15,18-20,29H,1-2,5-13H2,(H,30,32,33)/t18-,19?,20+/m0/s1/i15D. The Morgan fingerprint density at radius 1 is 1.17 bits per heavy atom. The zero-order valence-corrected chi connectivity index (χ0v) is 19.4. The lowest BCUT2D eigenvalue weighted by Gasteiger charge is -2.37. The predicted molar refractivity (Wildman–Crippen MR) is 119 cm³/mol. The minimum atomic E-state index is -2.73. The lowest BCUT2D eigenvalue weighted by Crippen LogP contribution is -2.52. The molecule has 2 N–H and O–H groups in total. The Kier molecular flexibility index (Phi) is 6.26. The molecule has 3 atom stereocenters. The monoisotopic (exact) mass is 494 g/mol. The van der Waals surface area contributed by atoms with Gasteiger partial charge < -0.3 is 15.0 Å². The molecule has 1 saturated carbocycles. The van der Waals surface area contributed by atoms with Crippen LogP contribution in [0.3, 0.4) is 0 Å². The van der Waals surface area contributed by atoms with Gasteiger partial charge in [-0.3, -0.25) is 19.7 Å². The number of hydrogen-bond donors (Lipinski definition) is 2. The lowest BCUT2D eigenvalue weighted by molar-refractivity contribution is -0.136. The van der Waals surface area contributed by atoms with E-state index in [1.54, 1.807) is 12.1 Å². The van der Waals surface area contributed by atoms with Crippen molar-refractivity contribution in [3.05, 3.63) is 34.6 Å². The van der Waals surface area contributed by atoms with Crippen LogP contribution >= 0.6 is 0 Å². The van der Waals surface area contributed by atoms with Gasteiger partial charge in [0.1, 0.15) is 11.9 Å². The first kappa shape index (κ1) is 23.0. The van der Waals surface area contributed by atoms with Crippen LogP contribution in [0.4, 0.5) is 13.2 Å². The number of amides is 3. The van der Waals surface area contributed by atoms with E-state index >= 15 is 4.39 Å². The van der Waals surface area contributed by atoms with Gasteiger partial charge in [-0.25, -0.2) is 13.2 Å². The molecule has 3 amide bonds. The summed E-state index contributed by atoms with van der Waals surface area (Å²) in [5.74, 6) is -4.64. The number of imide groups is 1. The topological polar surface area (TPSA) is 87.7 Å². The number of halogens is 3. The number of nitrogens with one attached hydrogen (secondary N) is 2. The summed E-state index contributed by atoms with van der Waals surface area (Å²) in [5.41, 5.74) is 0.780. The summed E-state index contributed by atoms with van der Waals surface area (Å²) in [6.07, 6.45) is 0.921. The highest BCUT2D eigenvalue weighted by atomic mass is 19.3. The Morgan fingerprint density at radius 3 is 2.69 bits per heavy atom. The number of piperidine rings is 1. The number of fused-ring (bicyclic) bond motifs is 1. The van der Waals surface area contributed by atoms with E-state index in [0.717, 1.165) is 6.42 Å². The summed E-state index contributed by atoms with van der Waals surface area (Å²) in [7, 11) is 0. The van der Waals surface area contributed by atoms with Crippen LogP contribution in [0.15, 0.2) is 12.1 Å². The molecule has 5 rings (SSSR count). The Morgan fingerprint density at radius 2 is 1.94 bits per heavy atom. The number of benzene rings is 1. The Hall–Kier alpha value is -2.46. The van der Waals surface area contributed by atoms with E-state index in [2.05, 4.69) is 10.6 Å². The molecule has 3 aliphatic heterocycles. The van der Waals surface area contributed by atoms with Gasteiger partial charge in [0.2, 0.25) is 17.7 Å². The summed E-state index contributed by atoms with van der Waals surface area (Å²) in [6.45, 7) is 0.428. The van der Waals surface area contributed by atoms with Crippen molar-refractivity contribution in [2.75, 3.05) is 6.61 Å². The normalized spacial score (nSPS) is 30.6. The van der Waals surface area contributed by atoms with E-state index in [4.69, 9.17) is 6.11 Å². The number of nitrogens with zero attached hydrogens (tertiary/aromatic N) is 1. The van der Waals surface area contributed by atoms with Crippen molar-refractivity contribution in [1.29, 1.82) is 0 Å².